The highest BCUT2D eigenvalue weighted by atomic mass is 19.3. The van der Waals surface area contributed by atoms with Gasteiger partial charge in [-0.05, 0) is 0 Å². The maximum atomic E-state index is 11.7. The molecule has 0 saturated heterocycles. The van der Waals surface area contributed by atoms with E-state index in [4.69, 9.17) is 5.11 Å². The first-order chi connectivity index (χ1) is 4.04. The molecule has 1 N–H and O–H groups in total. The van der Waals surface area contributed by atoms with Gasteiger partial charge in [0.05, 0.1) is 6.42 Å². The first-order valence-corrected chi connectivity index (χ1v) is 2.19. The molecular weight excluding hydrogens is 137 g/mol. The Morgan fingerprint density at radius 3 is 2.00 bits per heavy atom. The summed E-state index contributed by atoms with van der Waals surface area (Å²) >= 11 is 0. The molecule has 0 heterocycles. The zero-order chi connectivity index (χ0) is 7.44. The summed E-state index contributed by atoms with van der Waals surface area (Å²) in [5, 5.41) is 7.72. The molecule has 0 aliphatic rings. The molecule has 9 heavy (non-hydrogen) atoms. The van der Waals surface area contributed by atoms with E-state index in [9.17, 15) is 18.0 Å². The smallest absolute Gasteiger partial charge is 0.338 e. The van der Waals surface area contributed by atoms with Crippen LogP contribution in [0.25, 0.3) is 0 Å². The van der Waals surface area contributed by atoms with Crippen molar-refractivity contribution in [2.24, 2.45) is 0 Å². The number of carboxylic acids is 1. The Balaban J connectivity index is 3.50. The fourth-order valence-electron chi connectivity index (χ4n) is 0.257. The average molecular weight is 142 g/mol. The first kappa shape index (κ1) is 8.26. The summed E-state index contributed by atoms with van der Waals surface area (Å²) in [5.74, 6) is -1.84. The van der Waals surface area contributed by atoms with Crippen LogP contribution in [0.4, 0.5) is 13.2 Å². The Hall–Kier alpha value is -0.740. The third-order valence-electron chi connectivity index (χ3n) is 0.653. The number of halogens is 3. The summed E-state index contributed by atoms with van der Waals surface area (Å²) < 4.78 is 34.0. The van der Waals surface area contributed by atoms with Gasteiger partial charge in [-0.2, -0.15) is 0 Å². The van der Waals surface area contributed by atoms with Gasteiger partial charge < -0.3 is 5.11 Å². The second-order valence-electron chi connectivity index (χ2n) is 1.43. The second-order valence-corrected chi connectivity index (χ2v) is 1.43. The summed E-state index contributed by atoms with van der Waals surface area (Å²) in [7, 11) is 0. The summed E-state index contributed by atoms with van der Waals surface area (Å²) in [4.78, 5) is 9.53. The number of carboxylic acid groups (broad SMARTS) is 1. The van der Waals surface area contributed by atoms with Gasteiger partial charge in [-0.3, -0.25) is 0 Å². The molecule has 0 bridgehead atoms. The highest BCUT2D eigenvalue weighted by Crippen LogP contribution is 2.06. The van der Waals surface area contributed by atoms with Crippen molar-refractivity contribution in [3.8, 4) is 0 Å². The fraction of sp³-hybridized carbons (Fsp3) is 0.750. The molecular formula is C4H5F3O2. The molecule has 0 rings (SSSR count). The molecule has 0 aromatic heterocycles. The summed E-state index contributed by atoms with van der Waals surface area (Å²) in [6.45, 7) is 0. The predicted molar refractivity (Wildman–Crippen MR) is 23.2 cm³/mol. The van der Waals surface area contributed by atoms with E-state index in [1.165, 1.54) is 0 Å². The van der Waals surface area contributed by atoms with Crippen molar-refractivity contribution in [1.29, 1.82) is 0 Å². The van der Waals surface area contributed by atoms with Crippen molar-refractivity contribution in [3.05, 3.63) is 0 Å². The maximum absolute atomic E-state index is 11.7. The molecule has 0 amide bonds. The van der Waals surface area contributed by atoms with Gasteiger partial charge in [-0.15, -0.1) is 0 Å². The van der Waals surface area contributed by atoms with Gasteiger partial charge in [-0.1, -0.05) is 0 Å². The average Bonchev–Trinajstić information content (AvgIpc) is 1.63. The summed E-state index contributed by atoms with van der Waals surface area (Å²) in [6, 6.07) is 0. The molecule has 0 aromatic carbocycles. The Kier molecular flexibility index (Phi) is 3.05. The van der Waals surface area contributed by atoms with Gasteiger partial charge in [0.25, 0.3) is 0 Å². The van der Waals surface area contributed by atoms with Crippen LogP contribution in [0.15, 0.2) is 0 Å². The zero-order valence-electron chi connectivity index (χ0n) is 4.35. The quantitative estimate of drug-likeness (QED) is 0.639. The van der Waals surface area contributed by atoms with Crippen molar-refractivity contribution < 1.29 is 23.1 Å². The second kappa shape index (κ2) is 3.32. The van der Waals surface area contributed by atoms with Crippen LogP contribution >= 0.6 is 0 Å². The lowest BCUT2D eigenvalue weighted by Crippen LogP contribution is -2.17. The van der Waals surface area contributed by atoms with Crippen LogP contribution in [0, 0.1) is 0 Å². The van der Waals surface area contributed by atoms with Crippen LogP contribution in [-0.2, 0) is 4.79 Å². The van der Waals surface area contributed by atoms with Crippen molar-refractivity contribution in [2.45, 2.75) is 19.0 Å². The Bertz CT molecular complexity index is 104. The lowest BCUT2D eigenvalue weighted by molar-refractivity contribution is -0.144. The van der Waals surface area contributed by atoms with E-state index < -0.39 is 25.0 Å². The highest BCUT2D eigenvalue weighted by Gasteiger charge is 2.20. The molecule has 0 radical (unpaired) electrons. The van der Waals surface area contributed by atoms with Gasteiger partial charge >= 0.3 is 5.97 Å². The molecule has 0 spiro atoms. The molecule has 0 unspecified atom stereocenters. The summed E-state index contributed by atoms with van der Waals surface area (Å²) in [5.41, 5.74) is 0. The number of carbonyl (C=O) groups is 1. The van der Waals surface area contributed by atoms with Gasteiger partial charge in [-0.25, -0.2) is 18.0 Å². The van der Waals surface area contributed by atoms with Crippen LogP contribution in [0.3, 0.4) is 0 Å². The van der Waals surface area contributed by atoms with Crippen LogP contribution < -0.4 is 0 Å². The van der Waals surface area contributed by atoms with Crippen LogP contribution in [0.2, 0.25) is 0 Å². The molecule has 54 valence electrons. The molecule has 2 nitrogen and oxygen atoms in total. The van der Waals surface area contributed by atoms with E-state index in [2.05, 4.69) is 0 Å². The number of hydrogen-bond donors (Lipinski definition) is 1. The zero-order valence-corrected chi connectivity index (χ0v) is 4.35. The lowest BCUT2D eigenvalue weighted by Gasteiger charge is -1.98. The van der Waals surface area contributed by atoms with Crippen LogP contribution in [0.1, 0.15) is 6.42 Å². The molecule has 0 aromatic rings. The largest absolute Gasteiger partial charge is 0.479 e. The Labute approximate surface area is 49.3 Å². The van der Waals surface area contributed by atoms with Crippen LogP contribution in [0.5, 0.6) is 0 Å². The molecule has 0 aliphatic carbocycles. The molecule has 0 fully saturated rings. The normalized spacial score (nSPS) is 13.8. The third kappa shape index (κ3) is 3.81. The van der Waals surface area contributed by atoms with Gasteiger partial charge in [0.1, 0.15) is 0 Å². The lowest BCUT2D eigenvalue weighted by atomic mass is 10.3. The van der Waals surface area contributed by atoms with E-state index in [0.717, 1.165) is 0 Å². The van der Waals surface area contributed by atoms with Gasteiger partial charge in [0.15, 0.2) is 0 Å². The highest BCUT2D eigenvalue weighted by molar-refractivity contribution is 5.71. The van der Waals surface area contributed by atoms with Crippen molar-refractivity contribution in [1.82, 2.24) is 0 Å². The van der Waals surface area contributed by atoms with Gasteiger partial charge in [0, 0.05) is 0 Å². The SMILES string of the molecule is O=C(O)[C@@H](F)CC(F)F. The molecule has 0 aliphatic heterocycles. The van der Waals surface area contributed by atoms with Crippen LogP contribution in [-0.4, -0.2) is 23.7 Å². The van der Waals surface area contributed by atoms with E-state index in [0.29, 0.717) is 0 Å². The first-order valence-electron chi connectivity index (χ1n) is 2.19. The fourth-order valence-corrected chi connectivity index (χ4v) is 0.257. The Morgan fingerprint density at radius 2 is 1.89 bits per heavy atom. The molecule has 5 heteroatoms. The minimum Gasteiger partial charge on any atom is -0.479 e. The number of rotatable bonds is 3. The number of aliphatic carboxylic acids is 1. The number of alkyl halides is 3. The maximum Gasteiger partial charge on any atom is 0.338 e. The monoisotopic (exact) mass is 142 g/mol. The van der Waals surface area contributed by atoms with E-state index in [1.54, 1.807) is 0 Å². The third-order valence-corrected chi connectivity index (χ3v) is 0.653. The minimum atomic E-state index is -2.89. The predicted octanol–water partition coefficient (Wildman–Crippen LogP) is 1.06. The van der Waals surface area contributed by atoms with E-state index in [1.807, 2.05) is 0 Å². The minimum absolute atomic E-state index is 1.23. The van der Waals surface area contributed by atoms with E-state index >= 15 is 0 Å². The summed E-state index contributed by atoms with van der Waals surface area (Å²) in [6.07, 6.45) is -6.56. The molecule has 0 saturated carbocycles. The number of hydrogen-bond acceptors (Lipinski definition) is 1. The van der Waals surface area contributed by atoms with E-state index in [-0.39, 0.29) is 0 Å². The van der Waals surface area contributed by atoms with Crippen molar-refractivity contribution in [3.63, 3.8) is 0 Å². The topological polar surface area (TPSA) is 37.3 Å². The molecule has 1 atom stereocenters. The standard InChI is InChI=1S/C4H5F3O2/c5-2(4(8)9)1-3(6)7/h2-3H,1H2,(H,8,9)/t2-/m0/s1. The Morgan fingerprint density at radius 1 is 1.44 bits per heavy atom. The van der Waals surface area contributed by atoms with Gasteiger partial charge in [0.2, 0.25) is 12.6 Å². The van der Waals surface area contributed by atoms with Crippen molar-refractivity contribution in [2.75, 3.05) is 0 Å². The van der Waals surface area contributed by atoms with Crippen molar-refractivity contribution >= 4 is 5.97 Å².